The van der Waals surface area contributed by atoms with Gasteiger partial charge in [-0.05, 0) is 0 Å². The maximum atomic E-state index is 13.3. The molecule has 1 aromatic carbocycles. The lowest BCUT2D eigenvalue weighted by Gasteiger charge is -2.28. The standard InChI is InChI=1S/C23H33NO11/c1-14(25)24-17-19(31-11-28-3)21(32-12-29-4)22(33-13-30-5)20(17)35-23(27)18(34-15(2)26)16-9-7-6-8-10-16/h6-10,17-22H,11-13H2,1-5H3,(H,24,25)/t17-,18+,19-,20-,21+,22+/m1/s1. The fourth-order valence-corrected chi connectivity index (χ4v) is 3.77. The van der Waals surface area contributed by atoms with Crippen molar-refractivity contribution in [3.63, 3.8) is 0 Å². The number of nitrogens with one attached hydrogen (secondary N) is 1. The van der Waals surface area contributed by atoms with E-state index in [1.165, 1.54) is 35.2 Å². The van der Waals surface area contributed by atoms with Gasteiger partial charge in [-0.15, -0.1) is 0 Å². The first-order valence-corrected chi connectivity index (χ1v) is 10.8. The van der Waals surface area contributed by atoms with Crippen LogP contribution in [0.15, 0.2) is 30.3 Å². The van der Waals surface area contributed by atoms with Gasteiger partial charge in [0.25, 0.3) is 0 Å². The molecule has 6 atom stereocenters. The van der Waals surface area contributed by atoms with Gasteiger partial charge in [0.05, 0.1) is 6.04 Å². The van der Waals surface area contributed by atoms with Crippen molar-refractivity contribution in [3.05, 3.63) is 35.9 Å². The summed E-state index contributed by atoms with van der Waals surface area (Å²) in [5.74, 6) is -1.94. The summed E-state index contributed by atoms with van der Waals surface area (Å²) in [5.41, 5.74) is 0.412. The predicted octanol–water partition coefficient (Wildman–Crippen LogP) is 0.688. The highest BCUT2D eigenvalue weighted by molar-refractivity contribution is 5.80. The van der Waals surface area contributed by atoms with E-state index in [2.05, 4.69) is 5.32 Å². The Morgan fingerprint density at radius 1 is 0.800 bits per heavy atom. The second kappa shape index (κ2) is 14.7. The third-order valence-corrected chi connectivity index (χ3v) is 5.04. The molecule has 196 valence electrons. The first-order valence-electron chi connectivity index (χ1n) is 10.8. The molecular formula is C23H33NO11. The van der Waals surface area contributed by atoms with Gasteiger partial charge in [-0.1, -0.05) is 30.3 Å². The van der Waals surface area contributed by atoms with Gasteiger partial charge in [-0.25, -0.2) is 4.79 Å². The number of hydrogen-bond acceptors (Lipinski definition) is 11. The van der Waals surface area contributed by atoms with Crippen molar-refractivity contribution in [2.24, 2.45) is 0 Å². The van der Waals surface area contributed by atoms with E-state index in [0.717, 1.165) is 0 Å². The molecule has 1 fully saturated rings. The SMILES string of the molecule is COCO[C@@H]1[C@@H](OCOC)[C@H](OC(=O)[C@@H](OC(C)=O)c2ccccc2)[C@H](NC(C)=O)[C@H]1OCOC. The molecule has 0 saturated heterocycles. The summed E-state index contributed by atoms with van der Waals surface area (Å²) >= 11 is 0. The largest absolute Gasteiger partial charge is 0.454 e. The maximum Gasteiger partial charge on any atom is 0.352 e. The van der Waals surface area contributed by atoms with Crippen molar-refractivity contribution in [2.45, 2.75) is 50.4 Å². The van der Waals surface area contributed by atoms with Crippen LogP contribution in [0, 0.1) is 0 Å². The molecule has 0 unspecified atom stereocenters. The zero-order valence-electron chi connectivity index (χ0n) is 20.5. The number of amides is 1. The van der Waals surface area contributed by atoms with Crippen LogP contribution in [0.5, 0.6) is 0 Å². The molecule has 0 radical (unpaired) electrons. The Bertz CT molecular complexity index is 806. The van der Waals surface area contributed by atoms with Crippen LogP contribution in [0.2, 0.25) is 0 Å². The first kappa shape index (κ1) is 28.6. The molecule has 1 N–H and O–H groups in total. The van der Waals surface area contributed by atoms with E-state index >= 15 is 0 Å². The minimum Gasteiger partial charge on any atom is -0.454 e. The predicted molar refractivity (Wildman–Crippen MR) is 119 cm³/mol. The molecule has 2 rings (SSSR count). The lowest BCUT2D eigenvalue weighted by Crippen LogP contribution is -2.50. The topological polar surface area (TPSA) is 137 Å². The highest BCUT2D eigenvalue weighted by atomic mass is 16.7. The van der Waals surface area contributed by atoms with Crippen LogP contribution in [0.4, 0.5) is 0 Å². The number of rotatable bonds is 14. The van der Waals surface area contributed by atoms with Crippen LogP contribution >= 0.6 is 0 Å². The zero-order valence-corrected chi connectivity index (χ0v) is 20.5. The zero-order chi connectivity index (χ0) is 25.8. The van der Waals surface area contributed by atoms with E-state index in [0.29, 0.717) is 5.56 Å². The highest BCUT2D eigenvalue weighted by Gasteiger charge is 2.56. The molecule has 1 amide bonds. The Morgan fingerprint density at radius 2 is 1.31 bits per heavy atom. The summed E-state index contributed by atoms with van der Waals surface area (Å²) in [6, 6.07) is 7.51. The van der Waals surface area contributed by atoms with Gasteiger partial charge >= 0.3 is 11.9 Å². The van der Waals surface area contributed by atoms with Crippen LogP contribution in [0.1, 0.15) is 25.5 Å². The van der Waals surface area contributed by atoms with E-state index in [-0.39, 0.29) is 20.4 Å². The first-order chi connectivity index (χ1) is 16.8. The summed E-state index contributed by atoms with van der Waals surface area (Å²) in [7, 11) is 4.31. The number of carbonyl (C=O) groups is 3. The lowest BCUT2D eigenvalue weighted by molar-refractivity contribution is -0.200. The molecule has 0 bridgehead atoms. The molecule has 1 saturated carbocycles. The van der Waals surface area contributed by atoms with Crippen molar-refractivity contribution < 1.29 is 52.3 Å². The number of esters is 2. The monoisotopic (exact) mass is 499 g/mol. The van der Waals surface area contributed by atoms with Gasteiger partial charge in [-0.2, -0.15) is 0 Å². The molecule has 0 spiro atoms. The Labute approximate surface area is 204 Å². The minimum absolute atomic E-state index is 0.127. The summed E-state index contributed by atoms with van der Waals surface area (Å²) in [6.45, 7) is 2.07. The Kier molecular flexibility index (Phi) is 12.0. The van der Waals surface area contributed by atoms with Crippen molar-refractivity contribution in [1.82, 2.24) is 5.32 Å². The quantitative estimate of drug-likeness (QED) is 0.286. The van der Waals surface area contributed by atoms with Gasteiger partial charge in [0.2, 0.25) is 12.0 Å². The van der Waals surface area contributed by atoms with Crippen LogP contribution in [-0.2, 0) is 52.3 Å². The van der Waals surface area contributed by atoms with E-state index in [1.54, 1.807) is 30.3 Å². The summed E-state index contributed by atoms with van der Waals surface area (Å²) in [4.78, 5) is 37.1. The van der Waals surface area contributed by atoms with E-state index in [9.17, 15) is 14.4 Å². The fourth-order valence-electron chi connectivity index (χ4n) is 3.77. The molecular weight excluding hydrogens is 466 g/mol. The van der Waals surface area contributed by atoms with Gasteiger partial charge in [0.1, 0.15) is 38.7 Å². The van der Waals surface area contributed by atoms with Crippen molar-refractivity contribution >= 4 is 17.8 Å². The average Bonchev–Trinajstić information content (AvgIpc) is 3.09. The molecule has 35 heavy (non-hydrogen) atoms. The smallest absolute Gasteiger partial charge is 0.352 e. The molecule has 1 aromatic rings. The highest BCUT2D eigenvalue weighted by Crippen LogP contribution is 2.33. The van der Waals surface area contributed by atoms with Crippen LogP contribution in [0.25, 0.3) is 0 Å². The molecule has 1 aliphatic rings. The van der Waals surface area contributed by atoms with E-state index in [4.69, 9.17) is 37.9 Å². The number of ether oxygens (including phenoxy) is 8. The molecule has 1 aliphatic carbocycles. The van der Waals surface area contributed by atoms with Crippen molar-refractivity contribution in [3.8, 4) is 0 Å². The number of hydrogen-bond donors (Lipinski definition) is 1. The van der Waals surface area contributed by atoms with Gasteiger partial charge in [-0.3, -0.25) is 9.59 Å². The minimum atomic E-state index is -1.34. The van der Waals surface area contributed by atoms with Gasteiger partial charge in [0, 0.05) is 40.7 Å². The summed E-state index contributed by atoms with van der Waals surface area (Å²) < 4.78 is 43.6. The normalized spacial score (nSPS) is 24.5. The molecule has 12 nitrogen and oxygen atoms in total. The van der Waals surface area contributed by atoms with Crippen LogP contribution in [0.3, 0.4) is 0 Å². The van der Waals surface area contributed by atoms with Gasteiger partial charge < -0.3 is 43.2 Å². The van der Waals surface area contributed by atoms with E-state index in [1.807, 2.05) is 0 Å². The van der Waals surface area contributed by atoms with Crippen molar-refractivity contribution in [1.29, 1.82) is 0 Å². The van der Waals surface area contributed by atoms with Crippen molar-refractivity contribution in [2.75, 3.05) is 41.7 Å². The lowest BCUT2D eigenvalue weighted by atomic mass is 10.1. The second-order valence-electron chi connectivity index (χ2n) is 7.64. The van der Waals surface area contributed by atoms with Gasteiger partial charge in [0.15, 0.2) is 6.10 Å². The third kappa shape index (κ3) is 8.23. The summed E-state index contributed by atoms with van der Waals surface area (Å²) in [5, 5.41) is 2.74. The Balaban J connectivity index is 2.43. The maximum absolute atomic E-state index is 13.3. The molecule has 0 heterocycles. The second-order valence-corrected chi connectivity index (χ2v) is 7.64. The van der Waals surface area contributed by atoms with Crippen LogP contribution < -0.4 is 5.32 Å². The van der Waals surface area contributed by atoms with E-state index < -0.39 is 54.4 Å². The number of benzene rings is 1. The molecule has 0 aromatic heterocycles. The molecule has 0 aliphatic heterocycles. The Morgan fingerprint density at radius 3 is 1.80 bits per heavy atom. The number of methoxy groups -OCH3 is 3. The van der Waals surface area contributed by atoms with Crippen LogP contribution in [-0.4, -0.2) is 90.0 Å². The number of carbonyl (C=O) groups excluding carboxylic acids is 3. The fraction of sp³-hybridized carbons (Fsp3) is 0.609. The summed E-state index contributed by atoms with van der Waals surface area (Å²) in [6.07, 6.45) is -5.09. The Hall–Kier alpha value is -2.61. The molecule has 12 heteroatoms. The average molecular weight is 500 g/mol. The third-order valence-electron chi connectivity index (χ3n) is 5.04.